The molecule has 2 saturated heterocycles. The molecule has 2 fully saturated rings. The molecule has 0 spiro atoms. The topological polar surface area (TPSA) is 24.5 Å². The van der Waals surface area contributed by atoms with Crippen molar-refractivity contribution in [2.24, 2.45) is 5.92 Å². The van der Waals surface area contributed by atoms with Crippen molar-refractivity contribution >= 4 is 0 Å². The normalized spacial score (nSPS) is 37.6. The fraction of sp³-hybridized carbons (Fsp3) is 1.00. The van der Waals surface area contributed by atoms with Crippen molar-refractivity contribution in [3.8, 4) is 0 Å². The van der Waals surface area contributed by atoms with Crippen molar-refractivity contribution in [3.63, 3.8) is 0 Å². The van der Waals surface area contributed by atoms with Crippen LogP contribution in [0.5, 0.6) is 0 Å². The van der Waals surface area contributed by atoms with Gasteiger partial charge in [0.2, 0.25) is 0 Å². The lowest BCUT2D eigenvalue weighted by atomic mass is 10.1. The predicted molar refractivity (Wildman–Crippen MR) is 62.0 cm³/mol. The summed E-state index contributed by atoms with van der Waals surface area (Å²) in [4.78, 5) is 2.61. The molecule has 15 heavy (non-hydrogen) atoms. The molecule has 0 radical (unpaired) electrons. The van der Waals surface area contributed by atoms with E-state index >= 15 is 0 Å². The lowest BCUT2D eigenvalue weighted by molar-refractivity contribution is 0.116. The van der Waals surface area contributed by atoms with Crippen LogP contribution in [0.4, 0.5) is 0 Å². The maximum atomic E-state index is 5.37. The van der Waals surface area contributed by atoms with Gasteiger partial charge in [-0.2, -0.15) is 0 Å². The number of hydrogen-bond acceptors (Lipinski definition) is 3. The highest BCUT2D eigenvalue weighted by Crippen LogP contribution is 2.20. The first-order valence-corrected chi connectivity index (χ1v) is 6.30. The summed E-state index contributed by atoms with van der Waals surface area (Å²) in [5, 5.41) is 3.55. The van der Waals surface area contributed by atoms with Gasteiger partial charge in [-0.15, -0.1) is 0 Å². The van der Waals surface area contributed by atoms with Gasteiger partial charge in [-0.3, -0.25) is 0 Å². The van der Waals surface area contributed by atoms with E-state index in [1.54, 1.807) is 0 Å². The zero-order valence-corrected chi connectivity index (χ0v) is 10.0. The van der Waals surface area contributed by atoms with Crippen LogP contribution in [0, 0.1) is 5.92 Å². The van der Waals surface area contributed by atoms with Crippen LogP contribution < -0.4 is 5.32 Å². The first-order chi connectivity index (χ1) is 7.31. The van der Waals surface area contributed by atoms with Crippen LogP contribution >= 0.6 is 0 Å². The summed E-state index contributed by atoms with van der Waals surface area (Å²) in [6, 6.07) is 0.658. The molecule has 3 atom stereocenters. The van der Waals surface area contributed by atoms with E-state index in [-0.39, 0.29) is 0 Å². The van der Waals surface area contributed by atoms with Crippen LogP contribution in [0.2, 0.25) is 0 Å². The highest BCUT2D eigenvalue weighted by molar-refractivity contribution is 4.86. The van der Waals surface area contributed by atoms with E-state index in [0.717, 1.165) is 12.5 Å². The quantitative estimate of drug-likeness (QED) is 0.755. The van der Waals surface area contributed by atoms with Crippen LogP contribution in [0.3, 0.4) is 0 Å². The summed E-state index contributed by atoms with van der Waals surface area (Å²) in [6.45, 7) is 7.17. The average molecular weight is 212 g/mol. The highest BCUT2D eigenvalue weighted by atomic mass is 16.5. The molecule has 0 aromatic heterocycles. The first kappa shape index (κ1) is 11.4. The zero-order valence-electron chi connectivity index (χ0n) is 10.0. The van der Waals surface area contributed by atoms with Gasteiger partial charge in [-0.25, -0.2) is 0 Å². The standard InChI is InChI=1S/C12H24N2O/c1-3-10-4-5-14(8-10)9-11-6-12(15-2)7-13-11/h10-13H,3-9H2,1-2H3. The molecule has 0 aromatic carbocycles. The maximum absolute atomic E-state index is 5.37. The molecular weight excluding hydrogens is 188 g/mol. The minimum atomic E-state index is 0.444. The van der Waals surface area contributed by atoms with E-state index in [9.17, 15) is 0 Å². The molecule has 3 unspecified atom stereocenters. The third-order valence-electron chi connectivity index (χ3n) is 3.94. The van der Waals surface area contributed by atoms with Gasteiger partial charge in [0.15, 0.2) is 0 Å². The van der Waals surface area contributed by atoms with Gasteiger partial charge in [0.05, 0.1) is 6.10 Å². The number of likely N-dealkylation sites (tertiary alicyclic amines) is 1. The minimum Gasteiger partial charge on any atom is -0.380 e. The summed E-state index contributed by atoms with van der Waals surface area (Å²) in [5.41, 5.74) is 0. The van der Waals surface area contributed by atoms with Gasteiger partial charge in [0, 0.05) is 32.8 Å². The molecule has 2 heterocycles. The van der Waals surface area contributed by atoms with E-state index in [1.807, 2.05) is 7.11 Å². The molecule has 0 bridgehead atoms. The summed E-state index contributed by atoms with van der Waals surface area (Å²) in [5.74, 6) is 0.949. The molecule has 1 N–H and O–H groups in total. The second kappa shape index (κ2) is 5.28. The molecule has 0 amide bonds. The summed E-state index contributed by atoms with van der Waals surface area (Å²) < 4.78 is 5.37. The Morgan fingerprint density at radius 2 is 2.33 bits per heavy atom. The van der Waals surface area contributed by atoms with Gasteiger partial charge in [-0.1, -0.05) is 13.3 Å². The van der Waals surface area contributed by atoms with Crippen LogP contribution in [0.25, 0.3) is 0 Å². The van der Waals surface area contributed by atoms with E-state index < -0.39 is 0 Å². The Hall–Kier alpha value is -0.120. The molecule has 2 aliphatic rings. The van der Waals surface area contributed by atoms with Gasteiger partial charge in [0.25, 0.3) is 0 Å². The molecular formula is C12H24N2O. The molecule has 2 rings (SSSR count). The Morgan fingerprint density at radius 3 is 2.93 bits per heavy atom. The average Bonchev–Trinajstić information content (AvgIpc) is 2.87. The molecule has 3 nitrogen and oxygen atoms in total. The summed E-state index contributed by atoms with van der Waals surface area (Å²) in [6.07, 6.45) is 4.37. The van der Waals surface area contributed by atoms with E-state index in [0.29, 0.717) is 12.1 Å². The zero-order chi connectivity index (χ0) is 10.7. The van der Waals surface area contributed by atoms with Crippen molar-refractivity contribution in [2.45, 2.75) is 38.3 Å². The Morgan fingerprint density at radius 1 is 1.47 bits per heavy atom. The van der Waals surface area contributed by atoms with Crippen molar-refractivity contribution < 1.29 is 4.74 Å². The van der Waals surface area contributed by atoms with Crippen molar-refractivity contribution in [2.75, 3.05) is 33.3 Å². The molecule has 0 aliphatic carbocycles. The fourth-order valence-electron chi connectivity index (χ4n) is 2.82. The monoisotopic (exact) mass is 212 g/mol. The number of hydrogen-bond donors (Lipinski definition) is 1. The Labute approximate surface area is 93.2 Å². The largest absolute Gasteiger partial charge is 0.380 e. The fourth-order valence-corrected chi connectivity index (χ4v) is 2.82. The second-order valence-corrected chi connectivity index (χ2v) is 5.02. The van der Waals surface area contributed by atoms with Crippen LogP contribution in [0.15, 0.2) is 0 Å². The predicted octanol–water partition coefficient (Wildman–Crippen LogP) is 1.10. The lowest BCUT2D eigenvalue weighted by Gasteiger charge is -2.20. The Balaban J connectivity index is 1.70. The third-order valence-corrected chi connectivity index (χ3v) is 3.94. The number of methoxy groups -OCH3 is 1. The van der Waals surface area contributed by atoms with Crippen molar-refractivity contribution in [3.05, 3.63) is 0 Å². The molecule has 0 aromatic rings. The lowest BCUT2D eigenvalue weighted by Crippen LogP contribution is -2.36. The van der Waals surface area contributed by atoms with E-state index in [2.05, 4.69) is 17.1 Å². The maximum Gasteiger partial charge on any atom is 0.0711 e. The van der Waals surface area contributed by atoms with Gasteiger partial charge in [-0.05, 0) is 25.3 Å². The van der Waals surface area contributed by atoms with Crippen LogP contribution in [-0.2, 0) is 4.74 Å². The van der Waals surface area contributed by atoms with Crippen molar-refractivity contribution in [1.82, 2.24) is 10.2 Å². The molecule has 3 heteroatoms. The smallest absolute Gasteiger partial charge is 0.0711 e. The number of ether oxygens (including phenoxy) is 1. The number of nitrogens with zero attached hydrogens (tertiary/aromatic N) is 1. The summed E-state index contributed by atoms with van der Waals surface area (Å²) >= 11 is 0. The van der Waals surface area contributed by atoms with E-state index in [1.165, 1.54) is 38.9 Å². The van der Waals surface area contributed by atoms with Crippen molar-refractivity contribution in [1.29, 1.82) is 0 Å². The highest BCUT2D eigenvalue weighted by Gasteiger charge is 2.28. The van der Waals surface area contributed by atoms with Crippen LogP contribution in [0.1, 0.15) is 26.2 Å². The minimum absolute atomic E-state index is 0.444. The second-order valence-electron chi connectivity index (χ2n) is 5.02. The molecule has 88 valence electrons. The number of rotatable bonds is 4. The van der Waals surface area contributed by atoms with Crippen LogP contribution in [-0.4, -0.2) is 50.3 Å². The Kier molecular flexibility index (Phi) is 4.00. The van der Waals surface area contributed by atoms with Gasteiger partial charge >= 0.3 is 0 Å². The van der Waals surface area contributed by atoms with Gasteiger partial charge < -0.3 is 15.0 Å². The SMILES string of the molecule is CCC1CCN(CC2CC(OC)CN2)C1. The van der Waals surface area contributed by atoms with E-state index in [4.69, 9.17) is 4.74 Å². The van der Waals surface area contributed by atoms with Gasteiger partial charge in [0.1, 0.15) is 0 Å². The summed E-state index contributed by atoms with van der Waals surface area (Å²) in [7, 11) is 1.82. The Bertz CT molecular complexity index is 178. The number of nitrogens with one attached hydrogen (secondary N) is 1. The first-order valence-electron chi connectivity index (χ1n) is 6.30. The molecule has 0 saturated carbocycles. The molecule has 2 aliphatic heterocycles. The third kappa shape index (κ3) is 2.92.